The van der Waals surface area contributed by atoms with Gasteiger partial charge >= 0.3 is 12.4 Å². The van der Waals surface area contributed by atoms with Crippen molar-refractivity contribution in [1.29, 1.82) is 0 Å². The highest BCUT2D eigenvalue weighted by Gasteiger charge is 2.72. The van der Waals surface area contributed by atoms with Crippen molar-refractivity contribution in [3.8, 4) is 11.1 Å². The number of hydrogen-bond acceptors (Lipinski definition) is 4. The molecule has 10 heteroatoms. The Bertz CT molecular complexity index is 965. The van der Waals surface area contributed by atoms with Crippen LogP contribution in [0.1, 0.15) is 18.1 Å². The van der Waals surface area contributed by atoms with Crippen LogP contribution < -0.4 is 0 Å². The van der Waals surface area contributed by atoms with Crippen molar-refractivity contribution in [2.24, 2.45) is 0 Å². The van der Waals surface area contributed by atoms with Gasteiger partial charge in [-0.15, -0.1) is 0 Å². The van der Waals surface area contributed by atoms with E-state index in [1.54, 1.807) is 12.1 Å². The van der Waals surface area contributed by atoms with Gasteiger partial charge in [0.2, 0.25) is 0 Å². The van der Waals surface area contributed by atoms with E-state index in [1.807, 2.05) is 19.1 Å². The third-order valence-corrected chi connectivity index (χ3v) is 6.13. The first-order valence-electron chi connectivity index (χ1n) is 11.1. The topological polar surface area (TPSA) is 24.9 Å². The number of nitrogens with zero attached hydrogens (tertiary/aromatic N) is 2. The minimum Gasteiger partial charge on any atom is -0.480 e. The van der Waals surface area contributed by atoms with Crippen molar-refractivity contribution in [2.75, 3.05) is 39.9 Å². The fourth-order valence-electron chi connectivity index (χ4n) is 4.21. The van der Waals surface area contributed by atoms with Gasteiger partial charge < -0.3 is 14.4 Å². The fourth-order valence-corrected chi connectivity index (χ4v) is 4.21. The third kappa shape index (κ3) is 5.59. The van der Waals surface area contributed by atoms with E-state index in [4.69, 9.17) is 4.74 Å². The van der Waals surface area contributed by atoms with Gasteiger partial charge in [0.05, 0.1) is 6.61 Å². The van der Waals surface area contributed by atoms with E-state index in [9.17, 15) is 26.3 Å². The van der Waals surface area contributed by atoms with Crippen LogP contribution in [0.25, 0.3) is 11.1 Å². The fraction of sp³-hybridized carbons (Fsp3) is 0.440. The lowest BCUT2D eigenvalue weighted by atomic mass is 9.90. The van der Waals surface area contributed by atoms with Crippen molar-refractivity contribution in [2.45, 2.75) is 31.4 Å². The maximum atomic E-state index is 13.5. The average Bonchev–Trinajstić information content (AvgIpc) is 2.80. The summed E-state index contributed by atoms with van der Waals surface area (Å²) in [6.07, 6.45) is -11.4. The molecule has 3 rings (SSSR count). The Hall–Kier alpha value is -2.72. The molecule has 1 saturated heterocycles. The molecule has 0 atom stereocenters. The van der Waals surface area contributed by atoms with Crippen molar-refractivity contribution in [1.82, 2.24) is 9.80 Å². The first kappa shape index (κ1) is 26.9. The molecule has 0 saturated carbocycles. The van der Waals surface area contributed by atoms with Crippen molar-refractivity contribution >= 4 is 0 Å². The molecule has 35 heavy (non-hydrogen) atoms. The highest BCUT2D eigenvalue weighted by molar-refractivity contribution is 5.64. The first-order valence-corrected chi connectivity index (χ1v) is 11.1. The molecule has 1 heterocycles. The van der Waals surface area contributed by atoms with Gasteiger partial charge in [0.1, 0.15) is 0 Å². The summed E-state index contributed by atoms with van der Waals surface area (Å²) in [5, 5.41) is 0. The SMILES string of the molecule is C=C(OCC)N1CCN(Cc2ccc(-c3ccc(C(OC)(C(F)(F)F)C(F)(F)F)cc3)cc2)CC1. The molecule has 1 fully saturated rings. The number of ether oxygens (including phenoxy) is 2. The molecule has 0 aliphatic carbocycles. The molecule has 192 valence electrons. The van der Waals surface area contributed by atoms with Crippen molar-refractivity contribution in [3.05, 3.63) is 72.1 Å². The van der Waals surface area contributed by atoms with Gasteiger partial charge in [-0.2, -0.15) is 26.3 Å². The number of piperazine rings is 1. The number of benzene rings is 2. The summed E-state index contributed by atoms with van der Waals surface area (Å²) in [4.78, 5) is 4.39. The van der Waals surface area contributed by atoms with E-state index in [0.29, 0.717) is 30.7 Å². The van der Waals surface area contributed by atoms with Crippen molar-refractivity contribution in [3.63, 3.8) is 0 Å². The van der Waals surface area contributed by atoms with E-state index >= 15 is 0 Å². The summed E-state index contributed by atoms with van der Waals surface area (Å²) in [7, 11) is 0.406. The van der Waals surface area contributed by atoms with Crippen LogP contribution >= 0.6 is 0 Å². The number of halogens is 6. The summed E-state index contributed by atoms with van der Waals surface area (Å²) in [5.74, 6) is 0.677. The minimum atomic E-state index is -5.68. The Morgan fingerprint density at radius 1 is 0.829 bits per heavy atom. The monoisotopic (exact) mass is 502 g/mol. The lowest BCUT2D eigenvalue weighted by Crippen LogP contribution is -2.55. The Labute approximate surface area is 200 Å². The number of alkyl halides is 6. The number of rotatable bonds is 8. The molecule has 2 aromatic carbocycles. The van der Waals surface area contributed by atoms with Gasteiger partial charge in [-0.3, -0.25) is 4.90 Å². The zero-order chi connectivity index (χ0) is 25.9. The van der Waals surface area contributed by atoms with Crippen LogP contribution in [0, 0.1) is 0 Å². The highest BCUT2D eigenvalue weighted by Crippen LogP contribution is 2.52. The van der Waals surface area contributed by atoms with Crippen LogP contribution in [0.3, 0.4) is 0 Å². The maximum absolute atomic E-state index is 13.5. The molecule has 0 aromatic heterocycles. The first-order chi connectivity index (χ1) is 16.4. The summed E-state index contributed by atoms with van der Waals surface area (Å²) >= 11 is 0. The molecule has 4 nitrogen and oxygen atoms in total. The highest BCUT2D eigenvalue weighted by atomic mass is 19.4. The van der Waals surface area contributed by atoms with Crippen LogP contribution in [0.4, 0.5) is 26.3 Å². The smallest absolute Gasteiger partial charge is 0.430 e. The minimum absolute atomic E-state index is 0.406. The molecule has 0 bridgehead atoms. The Morgan fingerprint density at radius 3 is 1.74 bits per heavy atom. The summed E-state index contributed by atoms with van der Waals surface area (Å²) < 4.78 is 90.2. The predicted octanol–water partition coefficient (Wildman–Crippen LogP) is 5.95. The molecule has 0 amide bonds. The second-order valence-corrected chi connectivity index (χ2v) is 8.25. The van der Waals surface area contributed by atoms with E-state index in [2.05, 4.69) is 21.1 Å². The zero-order valence-electron chi connectivity index (χ0n) is 19.5. The second kappa shape index (κ2) is 10.5. The van der Waals surface area contributed by atoms with E-state index < -0.39 is 23.5 Å². The molecular weight excluding hydrogens is 474 g/mol. The Kier molecular flexibility index (Phi) is 8.06. The van der Waals surface area contributed by atoms with Gasteiger partial charge in [-0.1, -0.05) is 48.5 Å². The number of methoxy groups -OCH3 is 1. The largest absolute Gasteiger partial charge is 0.480 e. The quantitative estimate of drug-likeness (QED) is 0.329. The molecule has 1 aliphatic heterocycles. The van der Waals surface area contributed by atoms with Crippen LogP contribution in [-0.2, 0) is 21.6 Å². The Morgan fingerprint density at radius 2 is 1.31 bits per heavy atom. The van der Waals surface area contributed by atoms with E-state index in [1.165, 1.54) is 12.1 Å². The van der Waals surface area contributed by atoms with E-state index in [-0.39, 0.29) is 0 Å². The lowest BCUT2D eigenvalue weighted by molar-refractivity contribution is -0.383. The zero-order valence-corrected chi connectivity index (χ0v) is 19.5. The van der Waals surface area contributed by atoms with Gasteiger partial charge in [0.15, 0.2) is 5.88 Å². The average molecular weight is 502 g/mol. The molecule has 1 aliphatic rings. The molecular formula is C25H28F6N2O2. The van der Waals surface area contributed by atoms with Gasteiger partial charge in [-0.25, -0.2) is 0 Å². The summed E-state index contributed by atoms with van der Waals surface area (Å²) in [5.41, 5.74) is -3.18. The van der Waals surface area contributed by atoms with E-state index in [0.717, 1.165) is 50.4 Å². The van der Waals surface area contributed by atoms with Gasteiger partial charge in [-0.05, 0) is 30.2 Å². The van der Waals surface area contributed by atoms with Gasteiger partial charge in [0.25, 0.3) is 5.60 Å². The number of hydrogen-bond donors (Lipinski definition) is 0. The van der Waals surface area contributed by atoms with Gasteiger partial charge in [0, 0.05) is 45.4 Å². The molecule has 0 unspecified atom stereocenters. The van der Waals surface area contributed by atoms with Crippen molar-refractivity contribution < 1.29 is 35.8 Å². The maximum Gasteiger partial charge on any atom is 0.430 e. The van der Waals surface area contributed by atoms with Crippen LogP contribution in [0.15, 0.2) is 61.0 Å². The van der Waals surface area contributed by atoms with Crippen LogP contribution in [0.2, 0.25) is 0 Å². The Balaban J connectivity index is 1.69. The summed E-state index contributed by atoms with van der Waals surface area (Å²) in [6, 6.07) is 11.5. The molecule has 0 spiro atoms. The standard InChI is InChI=1S/C25H28F6N2O2/c1-4-35-18(2)33-15-13-32(14-16-33)17-19-5-7-20(8-6-19)21-9-11-22(12-10-21)23(34-3,24(26,27)28)25(29,30)31/h5-12H,2,4,13-17H2,1,3H3. The van der Waals surface area contributed by atoms with Crippen LogP contribution in [0.5, 0.6) is 0 Å². The third-order valence-electron chi connectivity index (χ3n) is 6.13. The normalized spacial score (nSPS) is 15.8. The predicted molar refractivity (Wildman–Crippen MR) is 120 cm³/mol. The molecule has 2 aromatic rings. The molecule has 0 radical (unpaired) electrons. The second-order valence-electron chi connectivity index (χ2n) is 8.25. The summed E-state index contributed by atoms with van der Waals surface area (Å²) in [6.45, 7) is 10.4. The lowest BCUT2D eigenvalue weighted by Gasteiger charge is -2.36. The van der Waals surface area contributed by atoms with Crippen LogP contribution in [-0.4, -0.2) is 62.0 Å². The molecule has 0 N–H and O–H groups in total.